The summed E-state index contributed by atoms with van der Waals surface area (Å²) in [6.07, 6.45) is 1.77. The third kappa shape index (κ3) is 5.38. The quantitative estimate of drug-likeness (QED) is 0.545. The van der Waals surface area contributed by atoms with Gasteiger partial charge in [0.05, 0.1) is 6.67 Å². The number of hydrogen-bond acceptors (Lipinski definition) is 5. The summed E-state index contributed by atoms with van der Waals surface area (Å²) >= 11 is 0. The van der Waals surface area contributed by atoms with Crippen LogP contribution in [0.15, 0.2) is 54.6 Å². The molecule has 8 heteroatoms. The zero-order valence-corrected chi connectivity index (χ0v) is 21.2. The molecule has 2 heterocycles. The number of anilines is 1. The number of rotatable bonds is 9. The van der Waals surface area contributed by atoms with Gasteiger partial charge in [-0.3, -0.25) is 14.4 Å². The second-order valence-electron chi connectivity index (χ2n) is 9.45. The van der Waals surface area contributed by atoms with Crippen LogP contribution in [0.4, 0.5) is 5.69 Å². The predicted octanol–water partition coefficient (Wildman–Crippen LogP) is 2.82. The molecule has 192 valence electrons. The van der Waals surface area contributed by atoms with E-state index in [2.05, 4.69) is 10.2 Å². The molecule has 1 spiro atoms. The maximum absolute atomic E-state index is 13.8. The van der Waals surface area contributed by atoms with Crippen molar-refractivity contribution in [3.63, 3.8) is 0 Å². The molecule has 0 aromatic heterocycles. The van der Waals surface area contributed by atoms with Crippen molar-refractivity contribution in [3.05, 3.63) is 65.7 Å². The van der Waals surface area contributed by atoms with Gasteiger partial charge in [-0.05, 0) is 56.9 Å². The number of likely N-dealkylation sites (tertiary alicyclic amines) is 1. The van der Waals surface area contributed by atoms with Gasteiger partial charge in [0.15, 0.2) is 0 Å². The van der Waals surface area contributed by atoms with Crippen molar-refractivity contribution in [2.75, 3.05) is 51.0 Å². The van der Waals surface area contributed by atoms with Gasteiger partial charge in [0, 0.05) is 44.1 Å². The van der Waals surface area contributed by atoms with Crippen molar-refractivity contribution < 1.29 is 19.1 Å². The number of aryl methyl sites for hydroxylation is 1. The Labute approximate surface area is 213 Å². The minimum atomic E-state index is -0.765. The molecule has 36 heavy (non-hydrogen) atoms. The fourth-order valence-electron chi connectivity index (χ4n) is 5.16. The van der Waals surface area contributed by atoms with Crippen LogP contribution in [-0.4, -0.2) is 79.1 Å². The predicted molar refractivity (Wildman–Crippen MR) is 139 cm³/mol. The Morgan fingerprint density at radius 3 is 2.42 bits per heavy atom. The Bertz CT molecular complexity index is 1070. The molecule has 2 fully saturated rings. The average molecular weight is 493 g/mol. The molecular formula is C28H36N4O4. The summed E-state index contributed by atoms with van der Waals surface area (Å²) in [6, 6.07) is 17.5. The van der Waals surface area contributed by atoms with Crippen molar-refractivity contribution in [3.8, 4) is 0 Å². The van der Waals surface area contributed by atoms with E-state index in [0.717, 1.165) is 17.7 Å². The summed E-state index contributed by atoms with van der Waals surface area (Å²) in [5.41, 5.74) is 1.83. The van der Waals surface area contributed by atoms with E-state index < -0.39 is 5.54 Å². The van der Waals surface area contributed by atoms with Gasteiger partial charge in [-0.25, -0.2) is 0 Å². The minimum Gasteiger partial charge on any atom is -0.382 e. The van der Waals surface area contributed by atoms with Crippen molar-refractivity contribution >= 4 is 23.4 Å². The number of para-hydroxylation sites is 1. The van der Waals surface area contributed by atoms with Crippen LogP contribution in [0.25, 0.3) is 0 Å². The number of ether oxygens (including phenoxy) is 1. The monoisotopic (exact) mass is 492 g/mol. The van der Waals surface area contributed by atoms with Crippen LogP contribution in [0.1, 0.15) is 42.1 Å². The largest absolute Gasteiger partial charge is 0.382 e. The maximum Gasteiger partial charge on any atom is 0.254 e. The summed E-state index contributed by atoms with van der Waals surface area (Å²) < 4.78 is 5.31. The topological polar surface area (TPSA) is 82.2 Å². The average Bonchev–Trinajstić information content (AvgIpc) is 3.15. The highest BCUT2D eigenvalue weighted by molar-refractivity contribution is 5.98. The van der Waals surface area contributed by atoms with Crippen LogP contribution in [0.2, 0.25) is 0 Å². The van der Waals surface area contributed by atoms with Gasteiger partial charge < -0.3 is 24.8 Å². The Kier molecular flexibility index (Phi) is 8.25. The van der Waals surface area contributed by atoms with Crippen LogP contribution in [0.3, 0.4) is 0 Å². The fraction of sp³-hybridized carbons (Fsp3) is 0.464. The molecule has 2 aliphatic rings. The van der Waals surface area contributed by atoms with Gasteiger partial charge in [0.25, 0.3) is 11.8 Å². The van der Waals surface area contributed by atoms with Gasteiger partial charge in [-0.1, -0.05) is 36.4 Å². The molecule has 2 saturated heterocycles. The number of nitrogens with one attached hydrogen (secondary N) is 1. The molecule has 8 nitrogen and oxygen atoms in total. The first-order valence-corrected chi connectivity index (χ1v) is 12.8. The van der Waals surface area contributed by atoms with Gasteiger partial charge in [0.2, 0.25) is 5.91 Å². The Hall–Kier alpha value is -3.39. The maximum atomic E-state index is 13.8. The minimum absolute atomic E-state index is 0.00273. The summed E-state index contributed by atoms with van der Waals surface area (Å²) in [4.78, 5) is 45.2. The SMILES string of the molecule is CCOCCCNC(=O)CN1CN(c2ccccc2)C2(CCN(C(=O)c3ccccc3C)CC2)C1=O. The van der Waals surface area contributed by atoms with Gasteiger partial charge in [-0.15, -0.1) is 0 Å². The summed E-state index contributed by atoms with van der Waals surface area (Å²) in [7, 11) is 0. The first-order chi connectivity index (χ1) is 17.5. The van der Waals surface area contributed by atoms with E-state index in [9.17, 15) is 14.4 Å². The Balaban J connectivity index is 1.46. The lowest BCUT2D eigenvalue weighted by atomic mass is 9.85. The first kappa shape index (κ1) is 25.7. The lowest BCUT2D eigenvalue weighted by Crippen LogP contribution is -2.57. The lowest BCUT2D eigenvalue weighted by molar-refractivity contribution is -0.137. The van der Waals surface area contributed by atoms with Crippen molar-refractivity contribution in [2.45, 2.75) is 38.6 Å². The molecule has 0 aliphatic carbocycles. The molecule has 3 amide bonds. The lowest BCUT2D eigenvalue weighted by Gasteiger charge is -2.43. The van der Waals surface area contributed by atoms with E-state index in [1.807, 2.05) is 73.3 Å². The van der Waals surface area contributed by atoms with Crippen LogP contribution in [-0.2, 0) is 14.3 Å². The highest BCUT2D eigenvalue weighted by Crippen LogP contribution is 2.39. The standard InChI is InChI=1S/C28H36N4O4/c1-3-36-19-9-16-29-25(33)20-31-21-32(23-11-5-4-6-12-23)28(27(31)35)14-17-30(18-15-28)26(34)24-13-8-7-10-22(24)2/h4-8,10-13H,3,9,14-21H2,1-2H3,(H,29,33). The van der Waals surface area contributed by atoms with E-state index in [1.54, 1.807) is 4.90 Å². The van der Waals surface area contributed by atoms with E-state index in [0.29, 0.717) is 57.9 Å². The van der Waals surface area contributed by atoms with Crippen molar-refractivity contribution in [1.29, 1.82) is 0 Å². The zero-order valence-electron chi connectivity index (χ0n) is 21.2. The third-order valence-corrected chi connectivity index (χ3v) is 7.16. The molecule has 1 N–H and O–H groups in total. The fourth-order valence-corrected chi connectivity index (χ4v) is 5.16. The van der Waals surface area contributed by atoms with Crippen LogP contribution >= 0.6 is 0 Å². The summed E-state index contributed by atoms with van der Waals surface area (Å²) in [5, 5.41) is 2.90. The molecule has 0 bridgehead atoms. The summed E-state index contributed by atoms with van der Waals surface area (Å²) in [5.74, 6) is -0.209. The third-order valence-electron chi connectivity index (χ3n) is 7.16. The normalized spacial score (nSPS) is 17.1. The van der Waals surface area contributed by atoms with Crippen LogP contribution in [0.5, 0.6) is 0 Å². The molecule has 0 unspecified atom stereocenters. The van der Waals surface area contributed by atoms with Gasteiger partial charge in [0.1, 0.15) is 12.1 Å². The number of benzene rings is 2. The molecule has 0 radical (unpaired) electrons. The smallest absolute Gasteiger partial charge is 0.254 e. The molecule has 2 aromatic rings. The molecule has 0 saturated carbocycles. The molecule has 0 atom stereocenters. The second-order valence-corrected chi connectivity index (χ2v) is 9.45. The van der Waals surface area contributed by atoms with Crippen LogP contribution in [0, 0.1) is 6.92 Å². The highest BCUT2D eigenvalue weighted by atomic mass is 16.5. The van der Waals surface area contributed by atoms with E-state index in [4.69, 9.17) is 4.74 Å². The molecular weight excluding hydrogens is 456 g/mol. The van der Waals surface area contributed by atoms with E-state index in [-0.39, 0.29) is 24.3 Å². The zero-order chi connectivity index (χ0) is 25.5. The molecule has 4 rings (SSSR count). The number of hydrogen-bond donors (Lipinski definition) is 1. The number of piperidine rings is 1. The second kappa shape index (κ2) is 11.6. The van der Waals surface area contributed by atoms with E-state index in [1.165, 1.54) is 0 Å². The van der Waals surface area contributed by atoms with Crippen molar-refractivity contribution in [1.82, 2.24) is 15.1 Å². The Morgan fingerprint density at radius 1 is 1.03 bits per heavy atom. The van der Waals surface area contributed by atoms with Gasteiger partial charge in [-0.2, -0.15) is 0 Å². The number of carbonyl (C=O) groups is 3. The van der Waals surface area contributed by atoms with E-state index >= 15 is 0 Å². The first-order valence-electron chi connectivity index (χ1n) is 12.8. The van der Waals surface area contributed by atoms with Crippen molar-refractivity contribution in [2.24, 2.45) is 0 Å². The number of nitrogens with zero attached hydrogens (tertiary/aromatic N) is 3. The highest BCUT2D eigenvalue weighted by Gasteiger charge is 2.54. The molecule has 2 aliphatic heterocycles. The van der Waals surface area contributed by atoms with Gasteiger partial charge >= 0.3 is 0 Å². The number of amides is 3. The van der Waals surface area contributed by atoms with Crippen LogP contribution < -0.4 is 10.2 Å². The Morgan fingerprint density at radius 2 is 1.72 bits per heavy atom. The molecule has 2 aromatic carbocycles. The number of carbonyl (C=O) groups excluding carboxylic acids is 3. The summed E-state index contributed by atoms with van der Waals surface area (Å²) in [6.45, 7) is 6.99.